The molecule has 0 unspecified atom stereocenters. The Bertz CT molecular complexity index is 1060. The number of benzene rings is 3. The summed E-state index contributed by atoms with van der Waals surface area (Å²) in [5.74, 6) is 0.599. The molecule has 166 valence electrons. The van der Waals surface area contributed by atoms with Gasteiger partial charge < -0.3 is 20.7 Å². The highest BCUT2D eigenvalue weighted by molar-refractivity contribution is 5.92. The molecule has 32 heavy (non-hydrogen) atoms. The smallest absolute Gasteiger partial charge is 0.248 e. The van der Waals surface area contributed by atoms with Gasteiger partial charge >= 0.3 is 0 Å². The first-order valence-corrected chi connectivity index (χ1v) is 11.3. The van der Waals surface area contributed by atoms with Crippen molar-refractivity contribution in [3.8, 4) is 5.75 Å². The van der Waals surface area contributed by atoms with Crippen LogP contribution in [-0.4, -0.2) is 25.6 Å². The fraction of sp³-hybridized carbons (Fsp3) is 0.296. The predicted octanol–water partition coefficient (Wildman–Crippen LogP) is 4.08. The number of nitrogens with two attached hydrogens (primary N) is 1. The van der Waals surface area contributed by atoms with Crippen molar-refractivity contribution in [1.29, 1.82) is 0 Å². The van der Waals surface area contributed by atoms with Crippen molar-refractivity contribution in [2.75, 3.05) is 24.6 Å². The van der Waals surface area contributed by atoms with Crippen molar-refractivity contribution in [2.45, 2.75) is 32.9 Å². The number of primary amides is 1. The van der Waals surface area contributed by atoms with Crippen molar-refractivity contribution in [2.24, 2.45) is 5.73 Å². The fourth-order valence-corrected chi connectivity index (χ4v) is 4.25. The summed E-state index contributed by atoms with van der Waals surface area (Å²) >= 11 is 0. The Morgan fingerprint density at radius 2 is 1.84 bits per heavy atom. The van der Waals surface area contributed by atoms with E-state index in [1.54, 1.807) is 12.1 Å². The second-order valence-electron chi connectivity index (χ2n) is 8.16. The zero-order valence-corrected chi connectivity index (χ0v) is 18.6. The van der Waals surface area contributed by atoms with Crippen LogP contribution in [0.3, 0.4) is 0 Å². The number of rotatable bonds is 10. The number of carbonyl (C=O) groups is 1. The molecule has 1 heterocycles. The summed E-state index contributed by atoms with van der Waals surface area (Å²) in [6.07, 6.45) is 2.01. The van der Waals surface area contributed by atoms with Gasteiger partial charge in [-0.25, -0.2) is 0 Å². The van der Waals surface area contributed by atoms with Gasteiger partial charge in [0, 0.05) is 30.9 Å². The third-order valence-electron chi connectivity index (χ3n) is 5.92. The van der Waals surface area contributed by atoms with Crippen molar-refractivity contribution in [3.05, 3.63) is 94.5 Å². The topological polar surface area (TPSA) is 67.6 Å². The number of anilines is 1. The number of amides is 1. The first-order chi connectivity index (χ1) is 15.6. The Morgan fingerprint density at radius 1 is 1.06 bits per heavy atom. The van der Waals surface area contributed by atoms with Gasteiger partial charge in [0.05, 0.1) is 6.61 Å². The lowest BCUT2D eigenvalue weighted by Crippen LogP contribution is -2.20. The van der Waals surface area contributed by atoms with Crippen LogP contribution in [0.25, 0.3) is 0 Å². The van der Waals surface area contributed by atoms with Gasteiger partial charge in [-0.1, -0.05) is 42.5 Å². The van der Waals surface area contributed by atoms with Crippen LogP contribution in [0.2, 0.25) is 0 Å². The van der Waals surface area contributed by atoms with E-state index in [1.807, 2.05) is 31.2 Å². The van der Waals surface area contributed by atoms with E-state index < -0.39 is 0 Å². The first-order valence-electron chi connectivity index (χ1n) is 11.3. The van der Waals surface area contributed by atoms with Gasteiger partial charge in [0.15, 0.2) is 0 Å². The zero-order chi connectivity index (χ0) is 22.3. The summed E-state index contributed by atoms with van der Waals surface area (Å²) in [5.41, 5.74) is 12.3. The molecule has 0 saturated heterocycles. The molecule has 1 aliphatic heterocycles. The minimum atomic E-state index is -0.386. The molecule has 0 fully saturated rings. The third-order valence-corrected chi connectivity index (χ3v) is 5.92. The lowest BCUT2D eigenvalue weighted by molar-refractivity contribution is 0.100. The summed E-state index contributed by atoms with van der Waals surface area (Å²) in [6, 6.07) is 22.6. The van der Waals surface area contributed by atoms with Gasteiger partial charge in [0.1, 0.15) is 5.75 Å². The van der Waals surface area contributed by atoms with Crippen molar-refractivity contribution in [3.63, 3.8) is 0 Å². The van der Waals surface area contributed by atoms with E-state index in [-0.39, 0.29) is 5.91 Å². The van der Waals surface area contributed by atoms with Gasteiger partial charge in [-0.3, -0.25) is 4.79 Å². The normalized spacial score (nSPS) is 12.6. The van der Waals surface area contributed by atoms with E-state index in [1.165, 1.54) is 27.9 Å². The molecular weight excluding hydrogens is 398 g/mol. The van der Waals surface area contributed by atoms with Crippen LogP contribution in [0.1, 0.15) is 39.5 Å². The monoisotopic (exact) mass is 429 g/mol. The molecule has 3 aromatic rings. The van der Waals surface area contributed by atoms with Gasteiger partial charge in [-0.05, 0) is 72.8 Å². The number of nitrogens with one attached hydrogen (secondary N) is 1. The molecule has 0 spiro atoms. The Labute approximate surface area is 190 Å². The van der Waals surface area contributed by atoms with E-state index in [0.717, 1.165) is 44.8 Å². The van der Waals surface area contributed by atoms with E-state index in [4.69, 9.17) is 10.5 Å². The van der Waals surface area contributed by atoms with Crippen LogP contribution >= 0.6 is 0 Å². The lowest BCUT2D eigenvalue weighted by Gasteiger charge is -2.20. The summed E-state index contributed by atoms with van der Waals surface area (Å²) in [6.45, 7) is 6.33. The van der Waals surface area contributed by atoms with Crippen LogP contribution in [-0.2, 0) is 25.9 Å². The van der Waals surface area contributed by atoms with E-state index >= 15 is 0 Å². The minimum absolute atomic E-state index is 0.386. The Balaban J connectivity index is 1.30. The van der Waals surface area contributed by atoms with Crippen molar-refractivity contribution < 1.29 is 9.53 Å². The first kappa shape index (κ1) is 21.9. The zero-order valence-electron chi connectivity index (χ0n) is 18.6. The highest BCUT2D eigenvalue weighted by Crippen LogP contribution is 2.30. The number of carbonyl (C=O) groups excluding carboxylic acids is 1. The third kappa shape index (κ3) is 5.29. The molecule has 3 aromatic carbocycles. The van der Waals surface area contributed by atoms with Gasteiger partial charge in [0.25, 0.3) is 0 Å². The van der Waals surface area contributed by atoms with Crippen molar-refractivity contribution >= 4 is 11.6 Å². The fourth-order valence-electron chi connectivity index (χ4n) is 4.25. The lowest BCUT2D eigenvalue weighted by atomic mass is 10.1. The molecular formula is C27H31N3O2. The number of hydrogen-bond donors (Lipinski definition) is 2. The van der Waals surface area contributed by atoms with E-state index in [0.29, 0.717) is 12.2 Å². The highest BCUT2D eigenvalue weighted by Gasteiger charge is 2.19. The average molecular weight is 430 g/mol. The molecule has 4 rings (SSSR count). The largest absolute Gasteiger partial charge is 0.494 e. The molecule has 3 N–H and O–H groups in total. The molecule has 1 amide bonds. The average Bonchev–Trinajstić information content (AvgIpc) is 3.20. The molecule has 0 aliphatic carbocycles. The minimum Gasteiger partial charge on any atom is -0.494 e. The Hall–Kier alpha value is -3.31. The molecule has 0 radical (unpaired) electrons. The Kier molecular flexibility index (Phi) is 7.07. The van der Waals surface area contributed by atoms with Crippen LogP contribution < -0.4 is 20.7 Å². The SMILES string of the molecule is CCOc1ccccc1CCNCc1ccc2c(c1)CCN2Cc1ccc(C(N)=O)cc1. The summed E-state index contributed by atoms with van der Waals surface area (Å²) < 4.78 is 5.72. The summed E-state index contributed by atoms with van der Waals surface area (Å²) in [4.78, 5) is 13.7. The maximum Gasteiger partial charge on any atom is 0.248 e. The molecule has 0 aromatic heterocycles. The van der Waals surface area contributed by atoms with E-state index in [2.05, 4.69) is 40.5 Å². The van der Waals surface area contributed by atoms with Crippen LogP contribution in [0.5, 0.6) is 5.75 Å². The van der Waals surface area contributed by atoms with Gasteiger partial charge in [-0.15, -0.1) is 0 Å². The maximum absolute atomic E-state index is 11.3. The van der Waals surface area contributed by atoms with Crippen LogP contribution in [0.4, 0.5) is 5.69 Å². The van der Waals surface area contributed by atoms with Gasteiger partial charge in [0.2, 0.25) is 5.91 Å². The quantitative estimate of drug-likeness (QED) is 0.477. The number of nitrogens with zero attached hydrogens (tertiary/aromatic N) is 1. The molecule has 5 heteroatoms. The molecule has 1 aliphatic rings. The van der Waals surface area contributed by atoms with Crippen molar-refractivity contribution in [1.82, 2.24) is 5.32 Å². The number of hydrogen-bond acceptors (Lipinski definition) is 4. The standard InChI is InChI=1S/C27H31N3O2/c1-2-32-26-6-4-3-5-22(26)13-15-29-18-21-9-12-25-24(17-21)14-16-30(25)19-20-7-10-23(11-8-20)27(28)31/h3-12,17,29H,2,13-16,18-19H2,1H3,(H2,28,31). The number of fused-ring (bicyclic) bond motifs is 1. The highest BCUT2D eigenvalue weighted by atomic mass is 16.5. The molecule has 5 nitrogen and oxygen atoms in total. The van der Waals surface area contributed by atoms with Gasteiger partial charge in [-0.2, -0.15) is 0 Å². The second-order valence-corrected chi connectivity index (χ2v) is 8.16. The van der Waals surface area contributed by atoms with Crippen LogP contribution in [0, 0.1) is 0 Å². The second kappa shape index (κ2) is 10.3. The predicted molar refractivity (Wildman–Crippen MR) is 129 cm³/mol. The van der Waals surface area contributed by atoms with E-state index in [9.17, 15) is 4.79 Å². The maximum atomic E-state index is 11.3. The summed E-state index contributed by atoms with van der Waals surface area (Å²) in [7, 11) is 0. The van der Waals surface area contributed by atoms with Crippen LogP contribution in [0.15, 0.2) is 66.7 Å². The Morgan fingerprint density at radius 3 is 2.62 bits per heavy atom. The molecule has 0 saturated carbocycles. The summed E-state index contributed by atoms with van der Waals surface area (Å²) in [5, 5.41) is 3.57. The molecule has 0 bridgehead atoms. The number of ether oxygens (including phenoxy) is 1. The molecule has 0 atom stereocenters. The number of para-hydroxylation sites is 1.